The van der Waals surface area contributed by atoms with Crippen LogP contribution in [0.5, 0.6) is 5.75 Å². The predicted molar refractivity (Wildman–Crippen MR) is 68.4 cm³/mol. The predicted octanol–water partition coefficient (Wildman–Crippen LogP) is -1.17. The number of hydrogen-bond donors (Lipinski definition) is 4. The van der Waals surface area contributed by atoms with Crippen molar-refractivity contribution in [3.8, 4) is 5.75 Å². The summed E-state index contributed by atoms with van der Waals surface area (Å²) in [6, 6.07) is 5.76. The number of aromatic hydroxyl groups is 1. The molecule has 5 N–H and O–H groups in total. The van der Waals surface area contributed by atoms with Gasteiger partial charge >= 0.3 is 0 Å². The van der Waals surface area contributed by atoms with Gasteiger partial charge in [-0.15, -0.1) is 0 Å². The van der Waals surface area contributed by atoms with E-state index in [1.165, 1.54) is 17.0 Å². The molecule has 0 radical (unpaired) electrons. The fourth-order valence-electron chi connectivity index (χ4n) is 2.16. The van der Waals surface area contributed by atoms with Gasteiger partial charge in [-0.1, -0.05) is 12.1 Å². The van der Waals surface area contributed by atoms with Crippen LogP contribution >= 0.6 is 0 Å². The van der Waals surface area contributed by atoms with Crippen LogP contribution < -0.4 is 5.73 Å². The molecule has 1 aromatic carbocycles. The summed E-state index contributed by atoms with van der Waals surface area (Å²) < 4.78 is 0. The second-order valence-corrected chi connectivity index (χ2v) is 4.85. The van der Waals surface area contributed by atoms with E-state index < -0.39 is 18.2 Å². The van der Waals surface area contributed by atoms with Crippen molar-refractivity contribution in [2.45, 2.75) is 24.7 Å². The minimum Gasteiger partial charge on any atom is -0.508 e. The van der Waals surface area contributed by atoms with E-state index in [1.807, 2.05) is 0 Å². The summed E-state index contributed by atoms with van der Waals surface area (Å²) >= 11 is 0. The fraction of sp³-hybridized carbons (Fsp3) is 0.462. The average molecular weight is 266 g/mol. The molecule has 1 aliphatic heterocycles. The number of amides is 1. The van der Waals surface area contributed by atoms with Gasteiger partial charge in [0.05, 0.1) is 18.2 Å². The van der Waals surface area contributed by atoms with E-state index >= 15 is 0 Å². The molecule has 19 heavy (non-hydrogen) atoms. The van der Waals surface area contributed by atoms with Crippen molar-refractivity contribution >= 4 is 5.91 Å². The molecule has 3 atom stereocenters. The molecule has 0 aromatic heterocycles. The van der Waals surface area contributed by atoms with E-state index in [9.17, 15) is 15.0 Å². The largest absolute Gasteiger partial charge is 0.508 e. The van der Waals surface area contributed by atoms with Gasteiger partial charge in [-0.3, -0.25) is 4.79 Å². The molecule has 6 heteroatoms. The number of nitrogens with two attached hydrogens (primary N) is 1. The zero-order valence-electron chi connectivity index (χ0n) is 10.4. The summed E-state index contributed by atoms with van der Waals surface area (Å²) in [5, 5.41) is 28.0. The van der Waals surface area contributed by atoms with Crippen molar-refractivity contribution in [1.82, 2.24) is 4.90 Å². The molecule has 3 unspecified atom stereocenters. The second-order valence-electron chi connectivity index (χ2n) is 4.85. The summed E-state index contributed by atoms with van der Waals surface area (Å²) in [7, 11) is 0. The molecular weight excluding hydrogens is 248 g/mol. The van der Waals surface area contributed by atoms with Crippen molar-refractivity contribution in [3.05, 3.63) is 29.8 Å². The lowest BCUT2D eigenvalue weighted by atomic mass is 10.1. The first-order valence-electron chi connectivity index (χ1n) is 6.16. The number of rotatable bonds is 3. The number of nitrogens with zero attached hydrogens (tertiary/aromatic N) is 1. The summed E-state index contributed by atoms with van der Waals surface area (Å²) in [4.78, 5) is 13.4. The molecular formula is C13H18N2O4. The summed E-state index contributed by atoms with van der Waals surface area (Å²) in [6.07, 6.45) is -1.45. The van der Waals surface area contributed by atoms with Crippen molar-refractivity contribution in [2.24, 2.45) is 5.73 Å². The van der Waals surface area contributed by atoms with Crippen LogP contribution in [0.2, 0.25) is 0 Å². The minimum atomic E-state index is -0.898. The van der Waals surface area contributed by atoms with Crippen LogP contribution in [0.15, 0.2) is 24.3 Å². The van der Waals surface area contributed by atoms with Gasteiger partial charge < -0.3 is 26.0 Å². The first kappa shape index (κ1) is 13.8. The third-order valence-corrected chi connectivity index (χ3v) is 3.28. The van der Waals surface area contributed by atoms with E-state index in [2.05, 4.69) is 0 Å². The highest BCUT2D eigenvalue weighted by atomic mass is 16.3. The van der Waals surface area contributed by atoms with Crippen molar-refractivity contribution in [3.63, 3.8) is 0 Å². The smallest absolute Gasteiger partial charge is 0.240 e. The third kappa shape index (κ3) is 3.23. The number of benzene rings is 1. The van der Waals surface area contributed by atoms with Gasteiger partial charge in [0.1, 0.15) is 5.75 Å². The first-order chi connectivity index (χ1) is 8.97. The van der Waals surface area contributed by atoms with Crippen molar-refractivity contribution in [1.29, 1.82) is 0 Å². The number of aliphatic hydroxyl groups is 2. The standard InChI is InChI=1S/C13H18N2O4/c14-10(5-8-1-3-9(16)4-2-8)13(19)15-6-11(17)12(18)7-15/h1-4,10-12,16-18H,5-7,14H2. The van der Waals surface area contributed by atoms with Gasteiger partial charge in [-0.25, -0.2) is 0 Å². The Hall–Kier alpha value is -1.63. The van der Waals surface area contributed by atoms with E-state index in [0.717, 1.165) is 5.56 Å². The molecule has 2 rings (SSSR count). The maximum absolute atomic E-state index is 12.0. The normalized spacial score (nSPS) is 24.5. The van der Waals surface area contributed by atoms with E-state index in [0.29, 0.717) is 6.42 Å². The molecule has 1 saturated heterocycles. The van der Waals surface area contributed by atoms with Crippen LogP contribution in [0, 0.1) is 0 Å². The molecule has 0 spiro atoms. The number of carbonyl (C=O) groups is 1. The molecule has 104 valence electrons. The zero-order chi connectivity index (χ0) is 14.0. The molecule has 0 bridgehead atoms. The molecule has 1 amide bonds. The maximum atomic E-state index is 12.0. The van der Waals surface area contributed by atoms with Gasteiger partial charge in [-0.2, -0.15) is 0 Å². The highest BCUT2D eigenvalue weighted by Gasteiger charge is 2.34. The van der Waals surface area contributed by atoms with Crippen molar-refractivity contribution < 1.29 is 20.1 Å². The number of carbonyl (C=O) groups excluding carboxylic acids is 1. The topological polar surface area (TPSA) is 107 Å². The Labute approximate surface area is 111 Å². The fourth-order valence-corrected chi connectivity index (χ4v) is 2.16. The molecule has 1 aliphatic rings. The Kier molecular flexibility index (Phi) is 4.04. The quantitative estimate of drug-likeness (QED) is 0.551. The molecule has 6 nitrogen and oxygen atoms in total. The highest BCUT2D eigenvalue weighted by molar-refractivity contribution is 5.82. The lowest BCUT2D eigenvalue weighted by Gasteiger charge is -2.20. The lowest BCUT2D eigenvalue weighted by molar-refractivity contribution is -0.132. The Morgan fingerprint density at radius 3 is 2.32 bits per heavy atom. The SMILES string of the molecule is NC(Cc1ccc(O)cc1)C(=O)N1CC(O)C(O)C1. The minimum absolute atomic E-state index is 0.114. The zero-order valence-corrected chi connectivity index (χ0v) is 10.4. The van der Waals surface area contributed by atoms with Gasteiger partial charge in [0.15, 0.2) is 0 Å². The van der Waals surface area contributed by atoms with Crippen LogP contribution in [0.25, 0.3) is 0 Å². The number of phenolic OH excluding ortho intramolecular Hbond substituents is 1. The number of hydrogen-bond acceptors (Lipinski definition) is 5. The van der Waals surface area contributed by atoms with E-state index in [4.69, 9.17) is 10.8 Å². The number of phenols is 1. The average Bonchev–Trinajstić information content (AvgIpc) is 2.71. The Bertz CT molecular complexity index is 438. The Morgan fingerprint density at radius 1 is 1.26 bits per heavy atom. The molecule has 1 heterocycles. The van der Waals surface area contributed by atoms with Crippen LogP contribution in [-0.4, -0.2) is 57.5 Å². The van der Waals surface area contributed by atoms with E-state index in [1.54, 1.807) is 12.1 Å². The second kappa shape index (κ2) is 5.56. The van der Waals surface area contributed by atoms with Crippen LogP contribution in [0.3, 0.4) is 0 Å². The Balaban J connectivity index is 1.94. The third-order valence-electron chi connectivity index (χ3n) is 3.28. The molecule has 1 aromatic rings. The number of likely N-dealkylation sites (tertiary alicyclic amines) is 1. The summed E-state index contributed by atoms with van der Waals surface area (Å²) in [6.45, 7) is 0.229. The molecule has 0 saturated carbocycles. The maximum Gasteiger partial charge on any atom is 0.240 e. The number of aliphatic hydroxyl groups excluding tert-OH is 2. The monoisotopic (exact) mass is 266 g/mol. The number of β-amino-alcohol motifs (C(OH)–C–C–N with tert-alkyl or cyclic N) is 2. The van der Waals surface area contributed by atoms with Crippen LogP contribution in [0.1, 0.15) is 5.56 Å². The highest BCUT2D eigenvalue weighted by Crippen LogP contribution is 2.14. The van der Waals surface area contributed by atoms with Crippen LogP contribution in [-0.2, 0) is 11.2 Å². The van der Waals surface area contributed by atoms with E-state index in [-0.39, 0.29) is 24.7 Å². The molecule has 0 aliphatic carbocycles. The Morgan fingerprint density at radius 2 is 1.79 bits per heavy atom. The van der Waals surface area contributed by atoms with Gasteiger partial charge in [-0.05, 0) is 24.1 Å². The lowest BCUT2D eigenvalue weighted by Crippen LogP contribution is -2.44. The summed E-state index contributed by atoms with van der Waals surface area (Å²) in [5.41, 5.74) is 6.69. The van der Waals surface area contributed by atoms with Gasteiger partial charge in [0, 0.05) is 13.1 Å². The van der Waals surface area contributed by atoms with Gasteiger partial charge in [0.25, 0.3) is 0 Å². The summed E-state index contributed by atoms with van der Waals surface area (Å²) in [5.74, 6) is -0.127. The van der Waals surface area contributed by atoms with Crippen LogP contribution in [0.4, 0.5) is 0 Å². The van der Waals surface area contributed by atoms with Gasteiger partial charge in [0.2, 0.25) is 5.91 Å². The first-order valence-corrected chi connectivity index (χ1v) is 6.16. The van der Waals surface area contributed by atoms with Crippen molar-refractivity contribution in [2.75, 3.05) is 13.1 Å². The molecule has 1 fully saturated rings.